The Labute approximate surface area is 170 Å². The maximum absolute atomic E-state index is 12.8. The van der Waals surface area contributed by atoms with Crippen molar-refractivity contribution in [1.82, 2.24) is 15.3 Å². The number of nitrogens with zero attached hydrogens (tertiary/aromatic N) is 2. The van der Waals surface area contributed by atoms with Gasteiger partial charge in [-0.2, -0.15) is 0 Å². The summed E-state index contributed by atoms with van der Waals surface area (Å²) in [5, 5.41) is 1.00. The molecule has 8 heteroatoms. The lowest BCUT2D eigenvalue weighted by Gasteiger charge is -2.31. The van der Waals surface area contributed by atoms with Gasteiger partial charge in [0.25, 0.3) is 5.91 Å². The number of benzene rings is 1. The second-order valence-corrected chi connectivity index (χ2v) is 7.41. The van der Waals surface area contributed by atoms with Gasteiger partial charge in [0.05, 0.1) is 12.6 Å². The molecule has 1 atom stereocenters. The van der Waals surface area contributed by atoms with E-state index in [2.05, 4.69) is 12.0 Å². The highest BCUT2D eigenvalue weighted by Gasteiger charge is 2.31. The standard InChI is InChI=1S/C21H27N3O5/c1-5-14-28-20(27)24(22-19(26)29-21(2,3)4)15-17-12-9-13-23(17)18(25)16-10-7-6-8-11-16/h5-12,17H,1,13-15H2,2-4H3,(H,22,26)/t17-/m0/s1. The Morgan fingerprint density at radius 2 is 1.97 bits per heavy atom. The van der Waals surface area contributed by atoms with Gasteiger partial charge in [0.1, 0.15) is 12.2 Å². The molecule has 29 heavy (non-hydrogen) atoms. The van der Waals surface area contributed by atoms with Crippen molar-refractivity contribution in [3.63, 3.8) is 0 Å². The molecule has 1 heterocycles. The van der Waals surface area contributed by atoms with Crippen LogP contribution in [0.3, 0.4) is 0 Å². The highest BCUT2D eigenvalue weighted by Crippen LogP contribution is 2.16. The number of nitrogens with one attached hydrogen (secondary N) is 1. The topological polar surface area (TPSA) is 88.2 Å². The minimum Gasteiger partial charge on any atom is -0.444 e. The monoisotopic (exact) mass is 401 g/mol. The van der Waals surface area contributed by atoms with E-state index >= 15 is 0 Å². The molecule has 8 nitrogen and oxygen atoms in total. The van der Waals surface area contributed by atoms with Crippen molar-refractivity contribution in [2.24, 2.45) is 0 Å². The zero-order valence-corrected chi connectivity index (χ0v) is 17.0. The Bertz CT molecular complexity index is 770. The van der Waals surface area contributed by atoms with Crippen LogP contribution in [0.2, 0.25) is 0 Å². The average Bonchev–Trinajstić information content (AvgIpc) is 3.12. The number of hydrogen-bond acceptors (Lipinski definition) is 5. The van der Waals surface area contributed by atoms with Gasteiger partial charge in [0.2, 0.25) is 0 Å². The Hall–Kier alpha value is -3.29. The molecule has 0 unspecified atom stereocenters. The zero-order valence-electron chi connectivity index (χ0n) is 17.0. The Morgan fingerprint density at radius 1 is 1.28 bits per heavy atom. The Balaban J connectivity index is 2.12. The molecule has 1 N–H and O–H groups in total. The molecule has 0 fully saturated rings. The molecule has 0 aromatic heterocycles. The first-order chi connectivity index (χ1) is 13.7. The summed E-state index contributed by atoms with van der Waals surface area (Å²) in [5.74, 6) is -0.169. The van der Waals surface area contributed by atoms with Crippen LogP contribution in [-0.2, 0) is 9.47 Å². The van der Waals surface area contributed by atoms with Crippen LogP contribution >= 0.6 is 0 Å². The van der Waals surface area contributed by atoms with Crippen LogP contribution in [0.5, 0.6) is 0 Å². The van der Waals surface area contributed by atoms with Crippen molar-refractivity contribution < 1.29 is 23.9 Å². The Morgan fingerprint density at radius 3 is 2.59 bits per heavy atom. The molecule has 0 bridgehead atoms. The summed E-state index contributed by atoms with van der Waals surface area (Å²) in [6, 6.07) is 8.43. The normalized spacial score (nSPS) is 15.6. The van der Waals surface area contributed by atoms with Crippen LogP contribution in [0.1, 0.15) is 31.1 Å². The third-order valence-corrected chi connectivity index (χ3v) is 3.88. The summed E-state index contributed by atoms with van der Waals surface area (Å²) in [6.45, 7) is 9.04. The van der Waals surface area contributed by atoms with Gasteiger partial charge in [-0.1, -0.05) is 43.0 Å². The van der Waals surface area contributed by atoms with Gasteiger partial charge in [-0.3, -0.25) is 4.79 Å². The summed E-state index contributed by atoms with van der Waals surface area (Å²) in [5.41, 5.74) is 2.21. The van der Waals surface area contributed by atoms with Gasteiger partial charge in [-0.15, -0.1) is 0 Å². The van der Waals surface area contributed by atoms with Gasteiger partial charge in [0.15, 0.2) is 0 Å². The van der Waals surface area contributed by atoms with E-state index in [1.54, 1.807) is 49.9 Å². The maximum Gasteiger partial charge on any atom is 0.429 e. The Kier molecular flexibility index (Phi) is 7.41. The van der Waals surface area contributed by atoms with Crippen LogP contribution in [0.15, 0.2) is 55.1 Å². The lowest BCUT2D eigenvalue weighted by atomic mass is 10.2. The fourth-order valence-corrected chi connectivity index (χ4v) is 2.68. The molecule has 3 amide bonds. The van der Waals surface area contributed by atoms with Crippen molar-refractivity contribution in [3.8, 4) is 0 Å². The van der Waals surface area contributed by atoms with Crippen LogP contribution in [0.4, 0.5) is 9.59 Å². The number of rotatable bonds is 5. The third-order valence-electron chi connectivity index (χ3n) is 3.88. The van der Waals surface area contributed by atoms with Gasteiger partial charge in [0, 0.05) is 12.1 Å². The number of ether oxygens (including phenoxy) is 2. The minimum absolute atomic E-state index is 0.00426. The van der Waals surface area contributed by atoms with Crippen molar-refractivity contribution in [1.29, 1.82) is 0 Å². The molecule has 1 aliphatic rings. The van der Waals surface area contributed by atoms with Gasteiger partial charge < -0.3 is 14.4 Å². The van der Waals surface area contributed by atoms with E-state index in [0.29, 0.717) is 12.1 Å². The number of hydrogen-bond donors (Lipinski definition) is 1. The predicted octanol–water partition coefficient (Wildman–Crippen LogP) is 3.13. The smallest absolute Gasteiger partial charge is 0.429 e. The predicted molar refractivity (Wildman–Crippen MR) is 108 cm³/mol. The largest absolute Gasteiger partial charge is 0.444 e. The summed E-state index contributed by atoms with van der Waals surface area (Å²) in [7, 11) is 0. The molecule has 156 valence electrons. The van der Waals surface area contributed by atoms with Gasteiger partial charge in [-0.05, 0) is 32.9 Å². The molecule has 1 aromatic carbocycles. The van der Waals surface area contributed by atoms with E-state index in [9.17, 15) is 14.4 Å². The molecule has 1 aliphatic heterocycles. The second kappa shape index (κ2) is 9.77. The third kappa shape index (κ3) is 6.67. The number of amides is 3. The van der Waals surface area contributed by atoms with Crippen LogP contribution < -0.4 is 5.43 Å². The molecule has 0 radical (unpaired) electrons. The van der Waals surface area contributed by atoms with E-state index < -0.39 is 23.8 Å². The maximum atomic E-state index is 12.8. The van der Waals surface area contributed by atoms with Crippen LogP contribution in [0.25, 0.3) is 0 Å². The quantitative estimate of drug-likeness (QED) is 0.605. The van der Waals surface area contributed by atoms with Gasteiger partial charge >= 0.3 is 12.2 Å². The fraction of sp³-hybridized carbons (Fsp3) is 0.381. The van der Waals surface area contributed by atoms with Crippen molar-refractivity contribution in [2.75, 3.05) is 19.7 Å². The van der Waals surface area contributed by atoms with E-state index in [0.717, 1.165) is 5.01 Å². The fourth-order valence-electron chi connectivity index (χ4n) is 2.68. The second-order valence-electron chi connectivity index (χ2n) is 7.41. The first kappa shape index (κ1) is 22.0. The molecule has 0 saturated carbocycles. The van der Waals surface area contributed by atoms with Crippen molar-refractivity contribution in [3.05, 3.63) is 60.7 Å². The lowest BCUT2D eigenvalue weighted by Crippen LogP contribution is -2.53. The van der Waals surface area contributed by atoms with Crippen molar-refractivity contribution >= 4 is 18.1 Å². The number of carbonyl (C=O) groups is 3. The molecule has 1 aromatic rings. The molecular formula is C21H27N3O5. The zero-order chi connectivity index (χ0) is 21.4. The molecule has 0 aliphatic carbocycles. The summed E-state index contributed by atoms with van der Waals surface area (Å²) in [4.78, 5) is 39.0. The van der Waals surface area contributed by atoms with E-state index in [1.165, 1.54) is 6.08 Å². The van der Waals surface area contributed by atoms with Crippen LogP contribution in [-0.4, -0.2) is 59.3 Å². The molecule has 0 saturated heterocycles. The van der Waals surface area contributed by atoms with E-state index in [1.807, 2.05) is 18.2 Å². The van der Waals surface area contributed by atoms with E-state index in [-0.39, 0.29) is 19.1 Å². The lowest BCUT2D eigenvalue weighted by molar-refractivity contribution is 0.0260. The highest BCUT2D eigenvalue weighted by atomic mass is 16.6. The average molecular weight is 401 g/mol. The van der Waals surface area contributed by atoms with Gasteiger partial charge in [-0.25, -0.2) is 20.0 Å². The molecule has 0 spiro atoms. The summed E-state index contributed by atoms with van der Waals surface area (Å²) in [6.07, 6.45) is 3.50. The van der Waals surface area contributed by atoms with Crippen molar-refractivity contribution in [2.45, 2.75) is 32.4 Å². The molecule has 2 rings (SSSR count). The number of hydrazine groups is 1. The van der Waals surface area contributed by atoms with E-state index in [4.69, 9.17) is 9.47 Å². The summed E-state index contributed by atoms with van der Waals surface area (Å²) < 4.78 is 10.3. The summed E-state index contributed by atoms with van der Waals surface area (Å²) >= 11 is 0. The molecular weight excluding hydrogens is 374 g/mol. The first-order valence-electron chi connectivity index (χ1n) is 9.29. The minimum atomic E-state index is -0.795. The number of carbonyl (C=O) groups excluding carboxylic acids is 3. The van der Waals surface area contributed by atoms with Crippen LogP contribution in [0, 0.1) is 0 Å². The first-order valence-corrected chi connectivity index (χ1v) is 9.29. The SMILES string of the molecule is C=CCOC(=O)N(C[C@@H]1C=CCN1C(=O)c1ccccc1)NC(=O)OC(C)(C)C. The highest BCUT2D eigenvalue weighted by molar-refractivity contribution is 5.95.